The molecule has 0 saturated heterocycles. The second-order valence-corrected chi connectivity index (χ2v) is 13.9. The van der Waals surface area contributed by atoms with Gasteiger partial charge in [-0.2, -0.15) is 10.2 Å². The zero-order valence-corrected chi connectivity index (χ0v) is 33.7. The van der Waals surface area contributed by atoms with Crippen LogP contribution in [0.25, 0.3) is 22.1 Å². The Morgan fingerprint density at radius 1 is 0.700 bits per heavy atom. The van der Waals surface area contributed by atoms with Crippen LogP contribution in [0.4, 0.5) is 11.9 Å². The number of aryl methyl sites for hydroxylation is 4. The van der Waals surface area contributed by atoms with Crippen LogP contribution in [-0.2, 0) is 32.8 Å². The average molecular weight is 813 g/mol. The standard InChI is InChI=1S/C42H44N12O6/c1-6-53-33(18-24(3)49-53)39(57)47-41-45-30-20-27(37(43)55)12-15-32(30)51(41)16-8-9-17-52-36-31(46-42(52)48-40(58)34-19-25(4)50-54(34)7-2)21-28(38(44)56)22-35(36)60-23-26-10-13-29(59-5)14-11-26/h8-15,18-22H,6-7,16-17,23H2,1-5H3,(H2,43,55)(H2,44,56)(H,45,47,57)(H,46,48,58)/b9-8+. The third-order valence-electron chi connectivity index (χ3n) is 9.74. The zero-order chi connectivity index (χ0) is 42.7. The number of nitrogens with two attached hydrogens (primary N) is 2. The van der Waals surface area contributed by atoms with Gasteiger partial charge in [-0.3, -0.25) is 39.2 Å². The molecular formula is C42H44N12O6. The van der Waals surface area contributed by atoms with E-state index in [0.717, 1.165) is 5.56 Å². The number of nitrogens with one attached hydrogen (secondary N) is 2. The van der Waals surface area contributed by atoms with Crippen LogP contribution in [0.2, 0.25) is 0 Å². The zero-order valence-electron chi connectivity index (χ0n) is 33.7. The van der Waals surface area contributed by atoms with Crippen LogP contribution < -0.4 is 31.6 Å². The minimum absolute atomic E-state index is 0.136. The largest absolute Gasteiger partial charge is 0.497 e. The molecule has 4 amide bonds. The minimum Gasteiger partial charge on any atom is -0.497 e. The van der Waals surface area contributed by atoms with Crippen LogP contribution in [0.1, 0.15) is 72.5 Å². The van der Waals surface area contributed by atoms with Gasteiger partial charge in [-0.05, 0) is 87.9 Å². The number of allylic oxidation sites excluding steroid dienone is 2. The molecule has 4 heterocycles. The number of aromatic nitrogens is 8. The number of amides is 4. The van der Waals surface area contributed by atoms with Crippen molar-refractivity contribution >= 4 is 57.6 Å². The number of fused-ring (bicyclic) bond motifs is 2. The molecule has 60 heavy (non-hydrogen) atoms. The summed E-state index contributed by atoms with van der Waals surface area (Å²) in [6.07, 6.45) is 3.72. The van der Waals surface area contributed by atoms with E-state index < -0.39 is 23.6 Å². The Kier molecular flexibility index (Phi) is 11.5. The highest BCUT2D eigenvalue weighted by molar-refractivity contribution is 6.05. The van der Waals surface area contributed by atoms with E-state index in [4.69, 9.17) is 25.9 Å². The lowest BCUT2D eigenvalue weighted by Gasteiger charge is -2.13. The highest BCUT2D eigenvalue weighted by Gasteiger charge is 2.23. The molecule has 7 aromatic rings. The predicted molar refractivity (Wildman–Crippen MR) is 224 cm³/mol. The fourth-order valence-electron chi connectivity index (χ4n) is 6.83. The molecule has 0 aliphatic carbocycles. The number of imidazole rings is 2. The number of carbonyl (C=O) groups is 4. The quantitative estimate of drug-likeness (QED) is 0.0956. The van der Waals surface area contributed by atoms with Crippen LogP contribution in [0.5, 0.6) is 11.5 Å². The average Bonchev–Trinajstić information content (AvgIpc) is 4.00. The summed E-state index contributed by atoms with van der Waals surface area (Å²) in [6.45, 7) is 8.88. The van der Waals surface area contributed by atoms with Gasteiger partial charge in [0.15, 0.2) is 0 Å². The summed E-state index contributed by atoms with van der Waals surface area (Å²) in [6, 6.07) is 18.7. The van der Waals surface area contributed by atoms with E-state index in [-0.39, 0.29) is 42.7 Å². The van der Waals surface area contributed by atoms with E-state index in [2.05, 4.69) is 25.8 Å². The first-order chi connectivity index (χ1) is 28.9. The Hall–Kier alpha value is -7.76. The Morgan fingerprint density at radius 3 is 1.82 bits per heavy atom. The molecule has 308 valence electrons. The Morgan fingerprint density at radius 2 is 1.25 bits per heavy atom. The van der Waals surface area contributed by atoms with Crippen LogP contribution in [-0.4, -0.2) is 69.4 Å². The number of ether oxygens (including phenoxy) is 2. The van der Waals surface area contributed by atoms with Crippen LogP contribution in [0, 0.1) is 13.8 Å². The molecule has 3 aromatic carbocycles. The van der Waals surface area contributed by atoms with Crippen LogP contribution >= 0.6 is 0 Å². The van der Waals surface area contributed by atoms with E-state index >= 15 is 0 Å². The van der Waals surface area contributed by atoms with E-state index in [9.17, 15) is 19.2 Å². The first-order valence-corrected chi connectivity index (χ1v) is 19.1. The highest BCUT2D eigenvalue weighted by atomic mass is 16.5. The fourth-order valence-corrected chi connectivity index (χ4v) is 6.83. The third-order valence-corrected chi connectivity index (χ3v) is 9.74. The van der Waals surface area contributed by atoms with Crippen molar-refractivity contribution in [3.05, 3.63) is 118 Å². The molecule has 0 aliphatic heterocycles. The number of primary amides is 2. The van der Waals surface area contributed by atoms with Crippen molar-refractivity contribution in [3.63, 3.8) is 0 Å². The van der Waals surface area contributed by atoms with E-state index in [1.165, 1.54) is 0 Å². The van der Waals surface area contributed by atoms with Gasteiger partial charge in [-0.1, -0.05) is 24.3 Å². The summed E-state index contributed by atoms with van der Waals surface area (Å²) in [5, 5.41) is 14.7. The fraction of sp³-hybridized carbons (Fsp3) is 0.238. The second kappa shape index (κ2) is 17.0. The van der Waals surface area contributed by atoms with Crippen molar-refractivity contribution in [1.82, 2.24) is 38.7 Å². The Bertz CT molecular complexity index is 2810. The maximum atomic E-state index is 13.8. The van der Waals surface area contributed by atoms with Gasteiger partial charge >= 0.3 is 0 Å². The lowest BCUT2D eigenvalue weighted by atomic mass is 10.1. The highest BCUT2D eigenvalue weighted by Crippen LogP contribution is 2.32. The molecule has 4 aromatic heterocycles. The molecule has 0 bridgehead atoms. The third kappa shape index (κ3) is 8.29. The number of hydrogen-bond donors (Lipinski definition) is 4. The van der Waals surface area contributed by atoms with E-state index in [1.807, 2.05) is 57.2 Å². The van der Waals surface area contributed by atoms with Gasteiger partial charge in [0.25, 0.3) is 11.8 Å². The number of nitrogens with zero attached hydrogens (tertiary/aromatic N) is 8. The number of carbonyl (C=O) groups excluding carboxylic acids is 4. The Labute approximate surface area is 343 Å². The minimum atomic E-state index is -0.679. The molecule has 0 fully saturated rings. The van der Waals surface area contributed by atoms with Crippen LogP contribution in [0.3, 0.4) is 0 Å². The molecule has 7 rings (SSSR count). The molecule has 0 radical (unpaired) electrons. The molecular weight excluding hydrogens is 769 g/mol. The predicted octanol–water partition coefficient (Wildman–Crippen LogP) is 4.98. The smallest absolute Gasteiger partial charge is 0.276 e. The number of rotatable bonds is 16. The van der Waals surface area contributed by atoms with E-state index in [1.54, 1.807) is 75.0 Å². The molecule has 6 N–H and O–H groups in total. The number of methoxy groups -OCH3 is 1. The maximum absolute atomic E-state index is 13.8. The number of anilines is 2. The first kappa shape index (κ1) is 40.4. The first-order valence-electron chi connectivity index (χ1n) is 19.1. The molecule has 0 unspecified atom stereocenters. The van der Waals surface area contributed by atoms with Crippen molar-refractivity contribution in [2.75, 3.05) is 17.7 Å². The lowest BCUT2D eigenvalue weighted by Crippen LogP contribution is -2.20. The summed E-state index contributed by atoms with van der Waals surface area (Å²) in [5.74, 6) is -0.718. The normalized spacial score (nSPS) is 11.4. The van der Waals surface area contributed by atoms with Crippen molar-refractivity contribution in [2.45, 2.75) is 60.5 Å². The number of benzene rings is 3. The summed E-state index contributed by atoms with van der Waals surface area (Å²) >= 11 is 0. The van der Waals surface area contributed by atoms with Crippen molar-refractivity contribution < 1.29 is 28.7 Å². The van der Waals surface area contributed by atoms with E-state index in [0.29, 0.717) is 69.4 Å². The topological polar surface area (TPSA) is 234 Å². The van der Waals surface area contributed by atoms with Gasteiger partial charge in [-0.15, -0.1) is 0 Å². The summed E-state index contributed by atoms with van der Waals surface area (Å²) in [4.78, 5) is 61.3. The van der Waals surface area contributed by atoms with Crippen molar-refractivity contribution in [1.29, 1.82) is 0 Å². The van der Waals surface area contributed by atoms with Crippen LogP contribution in [0.15, 0.2) is 78.9 Å². The van der Waals surface area contributed by atoms with Gasteiger partial charge < -0.3 is 30.1 Å². The monoisotopic (exact) mass is 812 g/mol. The summed E-state index contributed by atoms with van der Waals surface area (Å²) < 4.78 is 18.4. The molecule has 0 atom stereocenters. The molecule has 0 saturated carbocycles. The summed E-state index contributed by atoms with van der Waals surface area (Å²) in [7, 11) is 1.59. The van der Waals surface area contributed by atoms with Crippen molar-refractivity contribution in [3.8, 4) is 11.5 Å². The lowest BCUT2D eigenvalue weighted by molar-refractivity contribution is 0.0992. The SMILES string of the molecule is CCn1nc(C)cc1C(=O)Nc1nc2cc(C(N)=O)ccc2n1C/C=C/Cn1c(NC(=O)c2cc(C)nn2CC)nc2cc(C(N)=O)cc(OCc3ccc(OC)cc3)c21. The van der Waals surface area contributed by atoms with Gasteiger partial charge in [0, 0.05) is 37.3 Å². The number of hydrogen-bond acceptors (Lipinski definition) is 10. The second-order valence-electron chi connectivity index (χ2n) is 13.9. The van der Waals surface area contributed by atoms with Gasteiger partial charge in [0.1, 0.15) is 35.0 Å². The van der Waals surface area contributed by atoms with Gasteiger partial charge in [0.2, 0.25) is 23.7 Å². The molecule has 18 nitrogen and oxygen atoms in total. The van der Waals surface area contributed by atoms with Crippen molar-refractivity contribution in [2.24, 2.45) is 11.5 Å². The molecule has 18 heteroatoms. The molecule has 0 spiro atoms. The van der Waals surface area contributed by atoms with Gasteiger partial charge in [-0.25, -0.2) is 9.97 Å². The van der Waals surface area contributed by atoms with Gasteiger partial charge in [0.05, 0.1) is 35.0 Å². The maximum Gasteiger partial charge on any atom is 0.276 e. The summed E-state index contributed by atoms with van der Waals surface area (Å²) in [5.41, 5.74) is 16.6. The Balaban J connectivity index is 1.26. The molecule has 0 aliphatic rings.